The van der Waals surface area contributed by atoms with Gasteiger partial charge in [-0.15, -0.1) is 0 Å². The monoisotopic (exact) mass is 343 g/mol. The Morgan fingerprint density at radius 3 is 2.28 bits per heavy atom. The molecule has 0 aliphatic carbocycles. The molecule has 1 aromatic heterocycles. The van der Waals surface area contributed by atoms with Crippen LogP contribution in [0.4, 0.5) is 0 Å². The lowest BCUT2D eigenvalue weighted by Crippen LogP contribution is -2.24. The van der Waals surface area contributed by atoms with Gasteiger partial charge in [-0.1, -0.05) is 37.3 Å². The minimum atomic E-state index is -0.602. The van der Waals surface area contributed by atoms with E-state index in [2.05, 4.69) is 4.98 Å². The molecule has 0 atom stereocenters. The van der Waals surface area contributed by atoms with E-state index in [1.165, 1.54) is 0 Å². The number of benzene rings is 1. The second-order valence-corrected chi connectivity index (χ2v) is 6.90. The number of carbonyl (C=O) groups excluding carboxylic acids is 2. The third-order valence-corrected chi connectivity index (χ3v) is 3.66. The molecule has 0 fully saturated rings. The van der Waals surface area contributed by atoms with E-state index in [4.69, 9.17) is 9.47 Å². The van der Waals surface area contributed by atoms with Gasteiger partial charge in [0.15, 0.2) is 0 Å². The summed E-state index contributed by atoms with van der Waals surface area (Å²) in [6, 6.07) is 9.48. The lowest BCUT2D eigenvalue weighted by atomic mass is 10.1. The Morgan fingerprint density at radius 1 is 1.08 bits per heavy atom. The fourth-order valence-electron chi connectivity index (χ4n) is 2.61. The van der Waals surface area contributed by atoms with Crippen LogP contribution in [0.1, 0.15) is 65.4 Å². The molecule has 0 spiro atoms. The van der Waals surface area contributed by atoms with E-state index in [9.17, 15) is 9.59 Å². The van der Waals surface area contributed by atoms with Gasteiger partial charge in [0.05, 0.1) is 5.56 Å². The number of aromatic amines is 1. The van der Waals surface area contributed by atoms with Crippen LogP contribution in [0.25, 0.3) is 0 Å². The molecule has 5 nitrogen and oxygen atoms in total. The van der Waals surface area contributed by atoms with Crippen LogP contribution in [-0.4, -0.2) is 22.5 Å². The number of carbonyl (C=O) groups is 2. The maximum absolute atomic E-state index is 12.5. The lowest BCUT2D eigenvalue weighted by Gasteiger charge is -2.19. The average molecular weight is 343 g/mol. The fourth-order valence-corrected chi connectivity index (χ4v) is 2.61. The number of rotatable bonds is 5. The Balaban J connectivity index is 2.22. The summed E-state index contributed by atoms with van der Waals surface area (Å²) in [7, 11) is 0. The number of hydrogen-bond acceptors (Lipinski definition) is 4. The van der Waals surface area contributed by atoms with E-state index < -0.39 is 17.5 Å². The zero-order chi connectivity index (χ0) is 18.6. The van der Waals surface area contributed by atoms with E-state index in [0.717, 1.165) is 5.56 Å². The highest BCUT2D eigenvalue weighted by Gasteiger charge is 2.27. The van der Waals surface area contributed by atoms with Crippen molar-refractivity contribution in [1.82, 2.24) is 4.98 Å². The molecule has 0 aliphatic rings. The Hall–Kier alpha value is -2.56. The minimum Gasteiger partial charge on any atom is -0.457 e. The summed E-state index contributed by atoms with van der Waals surface area (Å²) in [6.45, 7) is 9.26. The first kappa shape index (κ1) is 18.8. The van der Waals surface area contributed by atoms with Crippen molar-refractivity contribution in [3.8, 4) is 0 Å². The molecule has 2 rings (SSSR count). The van der Waals surface area contributed by atoms with Crippen LogP contribution in [0.5, 0.6) is 0 Å². The van der Waals surface area contributed by atoms with E-state index >= 15 is 0 Å². The molecule has 0 saturated heterocycles. The summed E-state index contributed by atoms with van der Waals surface area (Å²) in [4.78, 5) is 27.9. The summed E-state index contributed by atoms with van der Waals surface area (Å²) < 4.78 is 10.8. The molecule has 0 aliphatic heterocycles. The van der Waals surface area contributed by atoms with Crippen molar-refractivity contribution < 1.29 is 19.1 Å². The third-order valence-electron chi connectivity index (χ3n) is 3.66. The first-order valence-corrected chi connectivity index (χ1v) is 8.38. The zero-order valence-corrected chi connectivity index (χ0v) is 15.4. The summed E-state index contributed by atoms with van der Waals surface area (Å²) in [5.74, 6) is -0.904. The van der Waals surface area contributed by atoms with Crippen molar-refractivity contribution in [1.29, 1.82) is 0 Å². The van der Waals surface area contributed by atoms with Crippen LogP contribution in [0, 0.1) is 6.92 Å². The van der Waals surface area contributed by atoms with Gasteiger partial charge < -0.3 is 14.5 Å². The molecule has 0 saturated carbocycles. The van der Waals surface area contributed by atoms with Crippen molar-refractivity contribution in [2.24, 2.45) is 0 Å². The number of ether oxygens (including phenoxy) is 2. The van der Waals surface area contributed by atoms with Gasteiger partial charge in [-0.2, -0.15) is 0 Å². The predicted molar refractivity (Wildman–Crippen MR) is 95.6 cm³/mol. The molecule has 1 heterocycles. The van der Waals surface area contributed by atoms with Crippen molar-refractivity contribution in [3.63, 3.8) is 0 Å². The minimum absolute atomic E-state index is 0.190. The standard InChI is InChI=1S/C20H25NO4/c1-6-15-16(18(22)24-12-14-10-8-7-9-11-14)13(2)21-17(15)19(23)25-20(3,4)5/h7-11,21H,6,12H2,1-5H3. The average Bonchev–Trinajstić information content (AvgIpc) is 2.88. The topological polar surface area (TPSA) is 68.4 Å². The highest BCUT2D eigenvalue weighted by atomic mass is 16.6. The number of H-pyrrole nitrogens is 1. The van der Waals surface area contributed by atoms with Gasteiger partial charge in [-0.3, -0.25) is 0 Å². The number of aromatic nitrogens is 1. The van der Waals surface area contributed by atoms with Crippen LogP contribution in [0.3, 0.4) is 0 Å². The largest absolute Gasteiger partial charge is 0.457 e. The first-order valence-electron chi connectivity index (χ1n) is 8.38. The molecule has 0 radical (unpaired) electrons. The van der Waals surface area contributed by atoms with E-state index in [0.29, 0.717) is 28.9 Å². The van der Waals surface area contributed by atoms with Crippen LogP contribution in [0.2, 0.25) is 0 Å². The number of nitrogens with one attached hydrogen (secondary N) is 1. The smallest absolute Gasteiger partial charge is 0.355 e. The SMILES string of the molecule is CCc1c(C(=O)OC(C)(C)C)[nH]c(C)c1C(=O)OCc1ccccc1. The maximum Gasteiger partial charge on any atom is 0.355 e. The zero-order valence-electron chi connectivity index (χ0n) is 15.4. The van der Waals surface area contributed by atoms with E-state index in [-0.39, 0.29) is 6.61 Å². The molecular formula is C20H25NO4. The normalized spacial score (nSPS) is 11.2. The maximum atomic E-state index is 12.5. The van der Waals surface area contributed by atoms with Crippen molar-refractivity contribution >= 4 is 11.9 Å². The van der Waals surface area contributed by atoms with Gasteiger partial charge in [0, 0.05) is 5.69 Å². The third kappa shape index (κ3) is 4.72. The Kier molecular flexibility index (Phi) is 5.67. The van der Waals surface area contributed by atoms with Crippen molar-refractivity contribution in [2.75, 3.05) is 0 Å². The van der Waals surface area contributed by atoms with E-state index in [1.54, 1.807) is 27.7 Å². The van der Waals surface area contributed by atoms with Gasteiger partial charge in [0.25, 0.3) is 0 Å². The van der Waals surface area contributed by atoms with Crippen LogP contribution in [-0.2, 0) is 22.5 Å². The van der Waals surface area contributed by atoms with Crippen molar-refractivity contribution in [3.05, 3.63) is 58.4 Å². The predicted octanol–water partition coefficient (Wildman–Crippen LogP) is 4.20. The second kappa shape index (κ2) is 7.55. The summed E-state index contributed by atoms with van der Waals surface area (Å²) in [6.07, 6.45) is 0.523. The van der Waals surface area contributed by atoms with Gasteiger partial charge in [-0.25, -0.2) is 9.59 Å². The lowest BCUT2D eigenvalue weighted by molar-refractivity contribution is 0.00622. The second-order valence-electron chi connectivity index (χ2n) is 6.90. The van der Waals surface area contributed by atoms with E-state index in [1.807, 2.05) is 37.3 Å². The van der Waals surface area contributed by atoms with Crippen molar-refractivity contribution in [2.45, 2.75) is 53.2 Å². The molecule has 0 unspecified atom stereocenters. The Morgan fingerprint density at radius 2 is 1.72 bits per heavy atom. The molecule has 1 N–H and O–H groups in total. The molecule has 25 heavy (non-hydrogen) atoms. The summed E-state index contributed by atoms with van der Waals surface area (Å²) >= 11 is 0. The molecular weight excluding hydrogens is 318 g/mol. The number of aryl methyl sites for hydroxylation is 1. The molecule has 0 bridgehead atoms. The fraction of sp³-hybridized carbons (Fsp3) is 0.400. The molecule has 134 valence electrons. The molecule has 0 amide bonds. The van der Waals surface area contributed by atoms with Crippen LogP contribution >= 0.6 is 0 Å². The highest BCUT2D eigenvalue weighted by Crippen LogP contribution is 2.23. The van der Waals surface area contributed by atoms with Crippen LogP contribution < -0.4 is 0 Å². The Labute approximate surface area is 148 Å². The Bertz CT molecular complexity index is 754. The van der Waals surface area contributed by atoms with Gasteiger partial charge in [-0.05, 0) is 45.2 Å². The molecule has 1 aromatic carbocycles. The first-order chi connectivity index (χ1) is 11.7. The van der Waals surface area contributed by atoms with Crippen LogP contribution in [0.15, 0.2) is 30.3 Å². The summed E-state index contributed by atoms with van der Waals surface area (Å²) in [5, 5.41) is 0. The van der Waals surface area contributed by atoms with Gasteiger partial charge in [0.1, 0.15) is 17.9 Å². The van der Waals surface area contributed by atoms with Gasteiger partial charge in [0.2, 0.25) is 0 Å². The van der Waals surface area contributed by atoms with Gasteiger partial charge >= 0.3 is 11.9 Å². The molecule has 5 heteroatoms. The number of hydrogen-bond donors (Lipinski definition) is 1. The summed E-state index contributed by atoms with van der Waals surface area (Å²) in [5.41, 5.74) is 2.28. The highest BCUT2D eigenvalue weighted by molar-refractivity contribution is 5.98. The number of esters is 2. The molecule has 2 aromatic rings. The quantitative estimate of drug-likeness (QED) is 0.826.